The highest BCUT2D eigenvalue weighted by molar-refractivity contribution is 5.77. The van der Waals surface area contributed by atoms with Crippen LogP contribution in [0.3, 0.4) is 0 Å². The Balaban J connectivity index is 2.19. The predicted octanol–water partition coefficient (Wildman–Crippen LogP) is 1.89. The molecule has 0 saturated carbocycles. The summed E-state index contributed by atoms with van der Waals surface area (Å²) in [6.45, 7) is 0.0705. The van der Waals surface area contributed by atoms with E-state index >= 15 is 0 Å². The number of halogens is 3. The molecule has 1 aliphatic rings. The molecule has 1 amide bonds. The van der Waals surface area contributed by atoms with Crippen molar-refractivity contribution in [1.82, 2.24) is 5.32 Å². The van der Waals surface area contributed by atoms with Crippen LogP contribution in [0.25, 0.3) is 0 Å². The molecule has 1 N–H and O–H groups in total. The third-order valence-corrected chi connectivity index (χ3v) is 2.49. The largest absolute Gasteiger partial charge is 0.416 e. The molecule has 2 rings (SSSR count). The van der Waals surface area contributed by atoms with Gasteiger partial charge in [0, 0.05) is 6.54 Å². The highest BCUT2D eigenvalue weighted by Crippen LogP contribution is 2.31. The van der Waals surface area contributed by atoms with E-state index in [1.54, 1.807) is 6.07 Å². The molecular formula is C11H10F3NO2. The maximum atomic E-state index is 12.5. The molecular weight excluding hydrogens is 235 g/mol. The Morgan fingerprint density at radius 2 is 2.12 bits per heavy atom. The van der Waals surface area contributed by atoms with Crippen molar-refractivity contribution in [1.29, 1.82) is 0 Å². The highest BCUT2D eigenvalue weighted by atomic mass is 19.4. The predicted molar refractivity (Wildman–Crippen MR) is 53.1 cm³/mol. The van der Waals surface area contributed by atoms with Crippen LogP contribution in [0.2, 0.25) is 0 Å². The third-order valence-electron chi connectivity index (χ3n) is 2.49. The second-order valence-corrected chi connectivity index (χ2v) is 3.73. The Morgan fingerprint density at radius 3 is 2.71 bits per heavy atom. The van der Waals surface area contributed by atoms with Crippen molar-refractivity contribution in [2.45, 2.75) is 12.3 Å². The van der Waals surface area contributed by atoms with Gasteiger partial charge in [-0.3, -0.25) is 4.79 Å². The number of rotatable bonds is 1. The van der Waals surface area contributed by atoms with Gasteiger partial charge in [0.2, 0.25) is 5.91 Å². The number of ether oxygens (including phenoxy) is 1. The Hall–Kier alpha value is -1.56. The summed E-state index contributed by atoms with van der Waals surface area (Å²) < 4.78 is 42.6. The lowest BCUT2D eigenvalue weighted by Crippen LogP contribution is -2.38. The summed E-state index contributed by atoms with van der Waals surface area (Å²) in [5.74, 6) is -0.256. The molecule has 0 bridgehead atoms. The van der Waals surface area contributed by atoms with E-state index in [-0.39, 0.29) is 19.1 Å². The van der Waals surface area contributed by atoms with E-state index in [0.717, 1.165) is 12.1 Å². The molecule has 1 aliphatic heterocycles. The minimum Gasteiger partial charge on any atom is -0.362 e. The second kappa shape index (κ2) is 4.37. The second-order valence-electron chi connectivity index (χ2n) is 3.73. The summed E-state index contributed by atoms with van der Waals surface area (Å²) >= 11 is 0. The van der Waals surface area contributed by atoms with Crippen LogP contribution in [0.15, 0.2) is 24.3 Å². The number of hydrogen-bond donors (Lipinski definition) is 1. The van der Waals surface area contributed by atoms with Crippen LogP contribution in [0.4, 0.5) is 13.2 Å². The van der Waals surface area contributed by atoms with Crippen LogP contribution < -0.4 is 5.32 Å². The minimum absolute atomic E-state index is 0.124. The Kier molecular flexibility index (Phi) is 3.06. The Morgan fingerprint density at radius 1 is 1.35 bits per heavy atom. The highest BCUT2D eigenvalue weighted by Gasteiger charge is 2.31. The van der Waals surface area contributed by atoms with Crippen molar-refractivity contribution in [3.8, 4) is 0 Å². The van der Waals surface area contributed by atoms with Gasteiger partial charge in [0.1, 0.15) is 12.7 Å². The maximum Gasteiger partial charge on any atom is 0.416 e. The SMILES string of the molecule is O=C1CO[C@H](c2cccc(C(F)(F)F)c2)CN1. The average Bonchev–Trinajstić information content (AvgIpc) is 2.29. The number of carbonyl (C=O) groups is 1. The maximum absolute atomic E-state index is 12.5. The molecule has 1 fully saturated rings. The summed E-state index contributed by atoms with van der Waals surface area (Å²) in [7, 11) is 0. The topological polar surface area (TPSA) is 38.3 Å². The number of morpholine rings is 1. The molecule has 0 aromatic heterocycles. The fourth-order valence-electron chi connectivity index (χ4n) is 1.62. The van der Waals surface area contributed by atoms with Crippen LogP contribution in [-0.2, 0) is 15.7 Å². The molecule has 1 heterocycles. The van der Waals surface area contributed by atoms with Crippen molar-refractivity contribution in [3.63, 3.8) is 0 Å². The first kappa shape index (κ1) is 11.9. The van der Waals surface area contributed by atoms with Crippen molar-refractivity contribution < 1.29 is 22.7 Å². The third kappa shape index (κ3) is 2.76. The monoisotopic (exact) mass is 245 g/mol. The van der Waals surface area contributed by atoms with Crippen molar-refractivity contribution in [2.75, 3.05) is 13.2 Å². The molecule has 1 aromatic carbocycles. The summed E-state index contributed by atoms with van der Waals surface area (Å²) in [6, 6.07) is 4.93. The van der Waals surface area contributed by atoms with Gasteiger partial charge in [0.05, 0.1) is 5.56 Å². The van der Waals surface area contributed by atoms with Crippen LogP contribution in [0.5, 0.6) is 0 Å². The van der Waals surface area contributed by atoms with Crippen LogP contribution in [0.1, 0.15) is 17.2 Å². The molecule has 92 valence electrons. The number of amides is 1. The van der Waals surface area contributed by atoms with E-state index in [1.807, 2.05) is 0 Å². The summed E-state index contributed by atoms with van der Waals surface area (Å²) in [6.07, 6.45) is -4.89. The van der Waals surface area contributed by atoms with Gasteiger partial charge in [-0.1, -0.05) is 12.1 Å². The van der Waals surface area contributed by atoms with E-state index in [1.165, 1.54) is 6.07 Å². The van der Waals surface area contributed by atoms with E-state index < -0.39 is 17.8 Å². The van der Waals surface area contributed by atoms with Gasteiger partial charge in [-0.05, 0) is 17.7 Å². The molecule has 0 unspecified atom stereocenters. The van der Waals surface area contributed by atoms with Gasteiger partial charge in [0.25, 0.3) is 0 Å². The lowest BCUT2D eigenvalue weighted by molar-refractivity contribution is -0.138. The standard InChI is InChI=1S/C11H10F3NO2/c12-11(13,14)8-3-1-2-7(4-8)9-5-15-10(16)6-17-9/h1-4,9H,5-6H2,(H,15,16)/t9-/m0/s1. The van der Waals surface area contributed by atoms with Gasteiger partial charge >= 0.3 is 6.18 Å². The summed E-state index contributed by atoms with van der Waals surface area (Å²) in [4.78, 5) is 10.9. The Labute approximate surface area is 95.6 Å². The molecule has 1 atom stereocenters. The first-order valence-electron chi connectivity index (χ1n) is 5.02. The van der Waals surface area contributed by atoms with Crippen LogP contribution in [0, 0.1) is 0 Å². The molecule has 0 aliphatic carbocycles. The van der Waals surface area contributed by atoms with Gasteiger partial charge < -0.3 is 10.1 Å². The number of nitrogens with one attached hydrogen (secondary N) is 1. The van der Waals surface area contributed by atoms with Gasteiger partial charge in [-0.2, -0.15) is 13.2 Å². The van der Waals surface area contributed by atoms with E-state index in [4.69, 9.17) is 4.74 Å². The van der Waals surface area contributed by atoms with Gasteiger partial charge in [0.15, 0.2) is 0 Å². The molecule has 1 aromatic rings. The first-order valence-corrected chi connectivity index (χ1v) is 5.02. The van der Waals surface area contributed by atoms with E-state index in [9.17, 15) is 18.0 Å². The van der Waals surface area contributed by atoms with Crippen molar-refractivity contribution in [2.24, 2.45) is 0 Å². The molecule has 6 heteroatoms. The number of hydrogen-bond acceptors (Lipinski definition) is 2. The van der Waals surface area contributed by atoms with Gasteiger partial charge in [-0.25, -0.2) is 0 Å². The molecule has 0 spiro atoms. The number of benzene rings is 1. The fraction of sp³-hybridized carbons (Fsp3) is 0.364. The van der Waals surface area contributed by atoms with E-state index in [0.29, 0.717) is 5.56 Å². The smallest absolute Gasteiger partial charge is 0.362 e. The molecule has 17 heavy (non-hydrogen) atoms. The normalized spacial score (nSPS) is 21.1. The molecule has 1 saturated heterocycles. The number of alkyl halides is 3. The first-order chi connectivity index (χ1) is 7.97. The van der Waals surface area contributed by atoms with Crippen LogP contribution >= 0.6 is 0 Å². The Bertz CT molecular complexity index is 421. The fourth-order valence-corrected chi connectivity index (χ4v) is 1.62. The van der Waals surface area contributed by atoms with Crippen molar-refractivity contribution in [3.05, 3.63) is 35.4 Å². The lowest BCUT2D eigenvalue weighted by atomic mass is 10.0. The molecule has 3 nitrogen and oxygen atoms in total. The summed E-state index contributed by atoms with van der Waals surface area (Å²) in [5, 5.41) is 2.54. The number of carbonyl (C=O) groups excluding carboxylic acids is 1. The van der Waals surface area contributed by atoms with Gasteiger partial charge in [-0.15, -0.1) is 0 Å². The quantitative estimate of drug-likeness (QED) is 0.820. The van der Waals surface area contributed by atoms with E-state index in [2.05, 4.69) is 5.32 Å². The van der Waals surface area contributed by atoms with Crippen LogP contribution in [-0.4, -0.2) is 19.1 Å². The summed E-state index contributed by atoms with van der Waals surface area (Å²) in [5.41, 5.74) is -0.296. The zero-order valence-electron chi connectivity index (χ0n) is 8.75. The lowest BCUT2D eigenvalue weighted by Gasteiger charge is -2.24. The zero-order chi connectivity index (χ0) is 12.5. The zero-order valence-corrected chi connectivity index (χ0v) is 8.75. The average molecular weight is 245 g/mol. The van der Waals surface area contributed by atoms with Crippen molar-refractivity contribution >= 4 is 5.91 Å². The minimum atomic E-state index is -4.37. The molecule has 0 radical (unpaired) electrons.